The molecule has 7 heteroatoms. The number of rotatable bonds is 5. The maximum atomic E-state index is 12.4. The molecule has 3 rings (SSSR count). The minimum Gasteiger partial charge on any atom is -0.353 e. The van der Waals surface area contributed by atoms with Crippen LogP contribution in [0, 0.1) is 5.92 Å². The quantitative estimate of drug-likeness (QED) is 0.874. The van der Waals surface area contributed by atoms with Gasteiger partial charge < -0.3 is 10.2 Å². The topological polar surface area (TPSA) is 86.8 Å². The molecule has 0 unspecified atom stereocenters. The van der Waals surface area contributed by atoms with Gasteiger partial charge in [-0.3, -0.25) is 14.9 Å². The molecule has 0 bridgehead atoms. The van der Waals surface area contributed by atoms with Crippen LogP contribution in [0.5, 0.6) is 0 Å². The molecule has 0 aliphatic carbocycles. The molecule has 0 aromatic carbocycles. The van der Waals surface area contributed by atoms with Crippen molar-refractivity contribution in [3.63, 3.8) is 0 Å². The van der Waals surface area contributed by atoms with Gasteiger partial charge in [-0.15, -0.1) is 0 Å². The average molecular weight is 328 g/mol. The zero-order valence-corrected chi connectivity index (χ0v) is 14.2. The Morgan fingerprint density at radius 1 is 1.46 bits per heavy atom. The van der Waals surface area contributed by atoms with Crippen LogP contribution >= 0.6 is 0 Å². The fourth-order valence-corrected chi connectivity index (χ4v) is 3.04. The molecule has 2 aromatic heterocycles. The smallest absolute Gasteiger partial charge is 0.272 e. The molecule has 0 spiro atoms. The molecule has 0 radical (unpaired) electrons. The summed E-state index contributed by atoms with van der Waals surface area (Å²) in [6, 6.07) is 1.94. The summed E-state index contributed by atoms with van der Waals surface area (Å²) in [5, 5.41) is 10.2. The van der Waals surface area contributed by atoms with Crippen molar-refractivity contribution in [3.8, 4) is 0 Å². The number of anilines is 1. The van der Waals surface area contributed by atoms with Crippen LogP contribution in [-0.4, -0.2) is 45.2 Å². The molecule has 1 aliphatic heterocycles. The summed E-state index contributed by atoms with van der Waals surface area (Å²) in [6.07, 6.45) is 7.99. The maximum absolute atomic E-state index is 12.4. The lowest BCUT2D eigenvalue weighted by atomic mass is 10.1. The van der Waals surface area contributed by atoms with Gasteiger partial charge in [0, 0.05) is 37.2 Å². The highest BCUT2D eigenvalue weighted by molar-refractivity contribution is 5.92. The third-order valence-electron chi connectivity index (χ3n) is 4.12. The van der Waals surface area contributed by atoms with E-state index in [1.165, 1.54) is 0 Å². The predicted molar refractivity (Wildman–Crippen MR) is 91.9 cm³/mol. The van der Waals surface area contributed by atoms with Gasteiger partial charge in [0.25, 0.3) is 5.91 Å². The second-order valence-electron chi connectivity index (χ2n) is 6.70. The SMILES string of the molecule is CC(C)Cc1cc(C(=O)N[C@H]2CCCN(c3cnccn3)C2)n[nH]1. The molecular formula is C17H24N6O. The average Bonchev–Trinajstić information content (AvgIpc) is 3.04. The molecule has 1 amide bonds. The first-order valence-corrected chi connectivity index (χ1v) is 8.48. The molecule has 7 nitrogen and oxygen atoms in total. The van der Waals surface area contributed by atoms with E-state index < -0.39 is 0 Å². The summed E-state index contributed by atoms with van der Waals surface area (Å²) in [4.78, 5) is 23.0. The first kappa shape index (κ1) is 16.4. The van der Waals surface area contributed by atoms with Gasteiger partial charge in [-0.1, -0.05) is 13.8 Å². The van der Waals surface area contributed by atoms with E-state index in [0.29, 0.717) is 11.6 Å². The van der Waals surface area contributed by atoms with E-state index in [1.807, 2.05) is 6.07 Å². The molecular weight excluding hydrogens is 304 g/mol. The Bertz CT molecular complexity index is 669. The molecule has 1 atom stereocenters. The second-order valence-corrected chi connectivity index (χ2v) is 6.70. The number of aromatic amines is 1. The van der Waals surface area contributed by atoms with Crippen molar-refractivity contribution in [3.05, 3.63) is 36.0 Å². The normalized spacial score (nSPS) is 18.0. The van der Waals surface area contributed by atoms with Gasteiger partial charge in [0.2, 0.25) is 0 Å². The number of hydrogen-bond acceptors (Lipinski definition) is 5. The van der Waals surface area contributed by atoms with Gasteiger partial charge in [-0.2, -0.15) is 5.10 Å². The van der Waals surface area contributed by atoms with Crippen LogP contribution in [0.2, 0.25) is 0 Å². The number of amides is 1. The third kappa shape index (κ3) is 4.10. The van der Waals surface area contributed by atoms with Crippen molar-refractivity contribution in [2.24, 2.45) is 5.92 Å². The Morgan fingerprint density at radius 3 is 3.08 bits per heavy atom. The van der Waals surface area contributed by atoms with E-state index in [1.54, 1.807) is 18.6 Å². The summed E-state index contributed by atoms with van der Waals surface area (Å²) in [6.45, 7) is 5.97. The Kier molecular flexibility index (Phi) is 5.08. The van der Waals surface area contributed by atoms with E-state index in [9.17, 15) is 4.79 Å². The van der Waals surface area contributed by atoms with Crippen molar-refractivity contribution in [2.45, 2.75) is 39.2 Å². The summed E-state index contributed by atoms with van der Waals surface area (Å²) < 4.78 is 0. The van der Waals surface area contributed by atoms with E-state index in [4.69, 9.17) is 0 Å². The first-order valence-electron chi connectivity index (χ1n) is 8.48. The van der Waals surface area contributed by atoms with Crippen molar-refractivity contribution in [1.82, 2.24) is 25.5 Å². The summed E-state index contributed by atoms with van der Waals surface area (Å²) in [5.41, 5.74) is 1.46. The Morgan fingerprint density at radius 2 is 2.33 bits per heavy atom. The summed E-state index contributed by atoms with van der Waals surface area (Å²) in [7, 11) is 0. The highest BCUT2D eigenvalue weighted by Crippen LogP contribution is 2.17. The van der Waals surface area contributed by atoms with Crippen LogP contribution in [0.4, 0.5) is 5.82 Å². The van der Waals surface area contributed by atoms with Gasteiger partial charge in [-0.25, -0.2) is 4.98 Å². The molecule has 1 fully saturated rings. The Hall–Kier alpha value is -2.44. The number of H-pyrrole nitrogens is 1. The fraction of sp³-hybridized carbons (Fsp3) is 0.529. The van der Waals surface area contributed by atoms with E-state index in [2.05, 4.69) is 44.2 Å². The molecule has 1 saturated heterocycles. The molecule has 1 aliphatic rings. The van der Waals surface area contributed by atoms with E-state index in [-0.39, 0.29) is 11.9 Å². The predicted octanol–water partition coefficient (Wildman–Crippen LogP) is 1.80. The highest BCUT2D eigenvalue weighted by atomic mass is 16.2. The molecule has 2 N–H and O–H groups in total. The van der Waals surface area contributed by atoms with Gasteiger partial charge in [-0.05, 0) is 31.2 Å². The molecule has 24 heavy (non-hydrogen) atoms. The van der Waals surface area contributed by atoms with Gasteiger partial charge >= 0.3 is 0 Å². The lowest BCUT2D eigenvalue weighted by Crippen LogP contribution is -2.48. The van der Waals surface area contributed by atoms with Crippen LogP contribution in [0.15, 0.2) is 24.7 Å². The summed E-state index contributed by atoms with van der Waals surface area (Å²) >= 11 is 0. The van der Waals surface area contributed by atoms with Gasteiger partial charge in [0.1, 0.15) is 11.5 Å². The molecule has 3 heterocycles. The van der Waals surface area contributed by atoms with Gasteiger partial charge in [0.15, 0.2) is 0 Å². The van der Waals surface area contributed by atoms with Crippen molar-refractivity contribution in [1.29, 1.82) is 0 Å². The number of piperidine rings is 1. The Labute approximate surface area is 141 Å². The fourth-order valence-electron chi connectivity index (χ4n) is 3.04. The number of carbonyl (C=O) groups excluding carboxylic acids is 1. The van der Waals surface area contributed by atoms with Gasteiger partial charge in [0.05, 0.1) is 6.20 Å². The minimum absolute atomic E-state index is 0.0958. The number of aromatic nitrogens is 4. The standard InChI is InChI=1S/C17H24N6O/c1-12(2)8-14-9-15(22-21-14)17(24)20-13-4-3-7-23(11-13)16-10-18-5-6-19-16/h5-6,9-10,12-13H,3-4,7-8,11H2,1-2H3,(H,20,24)(H,21,22)/t13-/m0/s1. The van der Waals surface area contributed by atoms with E-state index in [0.717, 1.165) is 43.9 Å². The maximum Gasteiger partial charge on any atom is 0.272 e. The minimum atomic E-state index is -0.118. The lowest BCUT2D eigenvalue weighted by molar-refractivity contribution is 0.0928. The van der Waals surface area contributed by atoms with Crippen molar-refractivity contribution in [2.75, 3.05) is 18.0 Å². The van der Waals surface area contributed by atoms with Crippen LogP contribution in [0.3, 0.4) is 0 Å². The molecule has 128 valence electrons. The van der Waals surface area contributed by atoms with Crippen LogP contribution < -0.4 is 10.2 Å². The van der Waals surface area contributed by atoms with Crippen LogP contribution in [0.25, 0.3) is 0 Å². The monoisotopic (exact) mass is 328 g/mol. The zero-order chi connectivity index (χ0) is 16.9. The number of nitrogens with zero attached hydrogens (tertiary/aromatic N) is 4. The van der Waals surface area contributed by atoms with Crippen LogP contribution in [-0.2, 0) is 6.42 Å². The van der Waals surface area contributed by atoms with E-state index >= 15 is 0 Å². The van der Waals surface area contributed by atoms with Crippen molar-refractivity contribution < 1.29 is 4.79 Å². The third-order valence-corrected chi connectivity index (χ3v) is 4.12. The molecule has 2 aromatic rings. The lowest BCUT2D eigenvalue weighted by Gasteiger charge is -2.33. The first-order chi connectivity index (χ1) is 11.6. The number of carbonyl (C=O) groups is 1. The Balaban J connectivity index is 1.59. The second kappa shape index (κ2) is 7.42. The van der Waals surface area contributed by atoms with Crippen molar-refractivity contribution >= 4 is 11.7 Å². The summed E-state index contributed by atoms with van der Waals surface area (Å²) in [5.74, 6) is 1.27. The largest absolute Gasteiger partial charge is 0.353 e. The molecule has 0 saturated carbocycles. The number of nitrogens with one attached hydrogen (secondary N) is 2. The zero-order valence-electron chi connectivity index (χ0n) is 14.2. The highest BCUT2D eigenvalue weighted by Gasteiger charge is 2.23. The number of hydrogen-bond donors (Lipinski definition) is 2. The van der Waals surface area contributed by atoms with Crippen LogP contribution in [0.1, 0.15) is 42.9 Å².